The monoisotopic (exact) mass is 354 g/mol. The van der Waals surface area contributed by atoms with Crippen LogP contribution in [0.1, 0.15) is 39.2 Å². The van der Waals surface area contributed by atoms with Gasteiger partial charge < -0.3 is 15.0 Å². The maximum absolute atomic E-state index is 14.4. The van der Waals surface area contributed by atoms with Crippen LogP contribution in [0.4, 0.5) is 10.1 Å². The van der Waals surface area contributed by atoms with E-state index >= 15 is 0 Å². The predicted octanol–water partition coefficient (Wildman–Crippen LogP) is 3.50. The zero-order valence-electron chi connectivity index (χ0n) is 14.6. The maximum Gasteiger partial charge on any atom is 0.232 e. The van der Waals surface area contributed by atoms with Crippen molar-refractivity contribution in [1.82, 2.24) is 5.32 Å². The molecule has 1 spiro atoms. The van der Waals surface area contributed by atoms with Crippen LogP contribution in [-0.4, -0.2) is 32.7 Å². The molecule has 6 heteroatoms. The SMILES string of the molecule is COc1cc(F)c(Cl)c2c1N(C(=O)C(C)(C)C)CC21CCNCC1. The van der Waals surface area contributed by atoms with Gasteiger partial charge in [-0.3, -0.25) is 4.79 Å². The van der Waals surface area contributed by atoms with Gasteiger partial charge in [-0.05, 0) is 25.9 Å². The zero-order valence-corrected chi connectivity index (χ0v) is 15.4. The third kappa shape index (κ3) is 2.58. The fourth-order valence-electron chi connectivity index (χ4n) is 3.85. The number of amides is 1. The predicted molar refractivity (Wildman–Crippen MR) is 93.6 cm³/mol. The molecule has 3 rings (SSSR count). The summed E-state index contributed by atoms with van der Waals surface area (Å²) in [5.74, 6) is -0.115. The van der Waals surface area contributed by atoms with Crippen molar-refractivity contribution in [1.29, 1.82) is 0 Å². The van der Waals surface area contributed by atoms with Crippen LogP contribution in [0.15, 0.2) is 6.07 Å². The third-order valence-corrected chi connectivity index (χ3v) is 5.46. The second-order valence-corrected chi connectivity index (χ2v) is 8.15. The Labute approximate surface area is 147 Å². The van der Waals surface area contributed by atoms with E-state index in [1.54, 1.807) is 4.90 Å². The average molecular weight is 355 g/mol. The van der Waals surface area contributed by atoms with Gasteiger partial charge in [-0.1, -0.05) is 32.4 Å². The minimum atomic E-state index is -0.540. The Morgan fingerprint density at radius 2 is 2.00 bits per heavy atom. The topological polar surface area (TPSA) is 41.6 Å². The Morgan fingerprint density at radius 3 is 2.54 bits per heavy atom. The standard InChI is InChI=1S/C18H24ClFN2O2/c1-17(2,3)16(23)22-10-18(5-7-21-8-6-18)13-14(19)11(20)9-12(24-4)15(13)22/h9,21H,5-8,10H2,1-4H3. The molecule has 4 nitrogen and oxygen atoms in total. The van der Waals surface area contributed by atoms with Gasteiger partial charge in [0.1, 0.15) is 11.6 Å². The number of hydrogen-bond donors (Lipinski definition) is 1. The first kappa shape index (κ1) is 17.5. The first-order valence-corrected chi connectivity index (χ1v) is 8.68. The van der Waals surface area contributed by atoms with Gasteiger partial charge in [-0.15, -0.1) is 0 Å². The van der Waals surface area contributed by atoms with Crippen molar-refractivity contribution >= 4 is 23.2 Å². The van der Waals surface area contributed by atoms with E-state index in [1.807, 2.05) is 20.8 Å². The van der Waals surface area contributed by atoms with Crippen molar-refractivity contribution in [3.8, 4) is 5.75 Å². The number of methoxy groups -OCH3 is 1. The van der Waals surface area contributed by atoms with E-state index in [2.05, 4.69) is 5.32 Å². The number of benzene rings is 1. The number of nitrogens with zero attached hydrogens (tertiary/aromatic N) is 1. The number of halogens is 2. The smallest absolute Gasteiger partial charge is 0.232 e. The molecular weight excluding hydrogens is 331 g/mol. The number of piperidine rings is 1. The fourth-order valence-corrected chi connectivity index (χ4v) is 4.20. The van der Waals surface area contributed by atoms with Gasteiger partial charge in [0.2, 0.25) is 5.91 Å². The quantitative estimate of drug-likeness (QED) is 0.839. The van der Waals surface area contributed by atoms with E-state index in [9.17, 15) is 9.18 Å². The van der Waals surface area contributed by atoms with Crippen LogP contribution < -0.4 is 15.0 Å². The third-order valence-electron chi connectivity index (χ3n) is 5.09. The minimum Gasteiger partial charge on any atom is -0.494 e. The summed E-state index contributed by atoms with van der Waals surface area (Å²) in [5.41, 5.74) is 0.529. The molecule has 0 saturated carbocycles. The Bertz CT molecular complexity index is 679. The molecule has 0 atom stereocenters. The van der Waals surface area contributed by atoms with Gasteiger partial charge in [-0.2, -0.15) is 0 Å². The van der Waals surface area contributed by atoms with Crippen LogP contribution in [0.25, 0.3) is 0 Å². The number of rotatable bonds is 1. The summed E-state index contributed by atoms with van der Waals surface area (Å²) in [6.45, 7) is 7.85. The summed E-state index contributed by atoms with van der Waals surface area (Å²) >= 11 is 6.39. The van der Waals surface area contributed by atoms with Gasteiger partial charge in [0.15, 0.2) is 0 Å². The first-order valence-electron chi connectivity index (χ1n) is 8.30. The summed E-state index contributed by atoms with van der Waals surface area (Å²) in [6, 6.07) is 1.28. The Balaban J connectivity index is 2.23. The molecule has 0 radical (unpaired) electrons. The van der Waals surface area contributed by atoms with Crippen molar-refractivity contribution in [3.63, 3.8) is 0 Å². The minimum absolute atomic E-state index is 0.000123. The van der Waals surface area contributed by atoms with Crippen LogP contribution in [-0.2, 0) is 10.2 Å². The van der Waals surface area contributed by atoms with Crippen molar-refractivity contribution in [2.45, 2.75) is 39.0 Å². The molecule has 1 saturated heterocycles. The molecule has 2 aliphatic heterocycles. The highest BCUT2D eigenvalue weighted by Crippen LogP contribution is 2.54. The van der Waals surface area contributed by atoms with E-state index in [-0.39, 0.29) is 16.3 Å². The highest BCUT2D eigenvalue weighted by Gasteiger charge is 2.50. The summed E-state index contributed by atoms with van der Waals surface area (Å²) in [7, 11) is 1.50. The number of fused-ring (bicyclic) bond motifs is 2. The van der Waals surface area contributed by atoms with Crippen molar-refractivity contribution < 1.29 is 13.9 Å². The van der Waals surface area contributed by atoms with Crippen molar-refractivity contribution in [3.05, 3.63) is 22.5 Å². The number of carbonyl (C=O) groups excluding carboxylic acids is 1. The molecule has 1 N–H and O–H groups in total. The molecule has 132 valence electrons. The van der Waals surface area contributed by atoms with Crippen LogP contribution in [0, 0.1) is 11.2 Å². The highest BCUT2D eigenvalue weighted by atomic mass is 35.5. The van der Waals surface area contributed by atoms with E-state index in [0.29, 0.717) is 18.0 Å². The lowest BCUT2D eigenvalue weighted by molar-refractivity contribution is -0.125. The van der Waals surface area contributed by atoms with Gasteiger partial charge in [0.05, 0.1) is 17.8 Å². The highest BCUT2D eigenvalue weighted by molar-refractivity contribution is 6.32. The molecule has 2 aliphatic rings. The second-order valence-electron chi connectivity index (χ2n) is 7.77. The number of hydrogen-bond acceptors (Lipinski definition) is 3. The Morgan fingerprint density at radius 1 is 1.38 bits per heavy atom. The summed E-state index contributed by atoms with van der Waals surface area (Å²) in [6.07, 6.45) is 1.64. The number of carbonyl (C=O) groups is 1. The molecule has 1 amide bonds. The zero-order chi connectivity index (χ0) is 17.7. The lowest BCUT2D eigenvalue weighted by Crippen LogP contribution is -2.46. The number of ether oxygens (including phenoxy) is 1. The molecule has 0 aromatic heterocycles. The Kier molecular flexibility index (Phi) is 4.29. The van der Waals surface area contributed by atoms with Crippen LogP contribution in [0.3, 0.4) is 0 Å². The molecule has 0 unspecified atom stereocenters. The fraction of sp³-hybridized carbons (Fsp3) is 0.611. The molecule has 0 aliphatic carbocycles. The second kappa shape index (κ2) is 5.88. The molecule has 24 heavy (non-hydrogen) atoms. The molecule has 1 fully saturated rings. The lowest BCUT2D eigenvalue weighted by atomic mass is 9.74. The van der Waals surface area contributed by atoms with Crippen LogP contribution >= 0.6 is 11.6 Å². The summed E-state index contributed by atoms with van der Waals surface area (Å²) < 4.78 is 19.8. The molecule has 2 heterocycles. The maximum atomic E-state index is 14.4. The van der Waals surface area contributed by atoms with Gasteiger partial charge in [0.25, 0.3) is 0 Å². The van der Waals surface area contributed by atoms with E-state index < -0.39 is 11.2 Å². The van der Waals surface area contributed by atoms with Crippen molar-refractivity contribution in [2.24, 2.45) is 5.41 Å². The van der Waals surface area contributed by atoms with Gasteiger partial charge in [0, 0.05) is 29.0 Å². The lowest BCUT2D eigenvalue weighted by Gasteiger charge is -2.35. The molecule has 1 aromatic carbocycles. The van der Waals surface area contributed by atoms with Crippen LogP contribution in [0.5, 0.6) is 5.75 Å². The Hall–Kier alpha value is -1.33. The van der Waals surface area contributed by atoms with Crippen molar-refractivity contribution in [2.75, 3.05) is 31.6 Å². The van der Waals surface area contributed by atoms with Crippen LogP contribution in [0.2, 0.25) is 5.02 Å². The van der Waals surface area contributed by atoms with E-state index in [1.165, 1.54) is 13.2 Å². The van der Waals surface area contributed by atoms with E-state index in [4.69, 9.17) is 16.3 Å². The molecule has 0 bridgehead atoms. The molecule has 1 aromatic rings. The van der Waals surface area contributed by atoms with Gasteiger partial charge >= 0.3 is 0 Å². The average Bonchev–Trinajstić information content (AvgIpc) is 2.85. The first-order chi connectivity index (χ1) is 11.2. The number of anilines is 1. The largest absolute Gasteiger partial charge is 0.494 e. The summed E-state index contributed by atoms with van der Waals surface area (Å²) in [5, 5.41) is 3.45. The molecular formula is C18H24ClFN2O2. The van der Waals surface area contributed by atoms with E-state index in [0.717, 1.165) is 31.5 Å². The van der Waals surface area contributed by atoms with Gasteiger partial charge in [-0.25, -0.2) is 4.39 Å². The number of nitrogens with one attached hydrogen (secondary N) is 1. The normalized spacial score (nSPS) is 19.5. The summed E-state index contributed by atoms with van der Waals surface area (Å²) in [4.78, 5) is 14.8.